The Hall–Kier alpha value is 0.137. The van der Waals surface area contributed by atoms with E-state index in [0.717, 1.165) is 16.3 Å². The van der Waals surface area contributed by atoms with Gasteiger partial charge in [-0.3, -0.25) is 0 Å². The molecule has 0 rings (SSSR count). The summed E-state index contributed by atoms with van der Waals surface area (Å²) in [4.78, 5) is 0. The van der Waals surface area contributed by atoms with Crippen molar-refractivity contribution in [3.63, 3.8) is 0 Å². The van der Waals surface area contributed by atoms with Crippen molar-refractivity contribution in [1.29, 1.82) is 0 Å². The molecule has 0 atom stereocenters. The van der Waals surface area contributed by atoms with E-state index in [0.29, 0.717) is 0 Å². The van der Waals surface area contributed by atoms with Crippen LogP contribution < -0.4 is 0 Å². The van der Waals surface area contributed by atoms with Crippen LogP contribution in [0.25, 0.3) is 0 Å². The highest BCUT2D eigenvalue weighted by Crippen LogP contribution is 1.95. The third-order valence-electron chi connectivity index (χ3n) is 1.09. The van der Waals surface area contributed by atoms with Crippen molar-refractivity contribution in [3.05, 3.63) is 0 Å². The molecule has 0 aromatic heterocycles. The van der Waals surface area contributed by atoms with E-state index < -0.39 is 0 Å². The summed E-state index contributed by atoms with van der Waals surface area (Å²) in [5.41, 5.74) is 0. The van der Waals surface area contributed by atoms with Crippen molar-refractivity contribution in [1.82, 2.24) is 0 Å². The second-order valence-corrected chi connectivity index (χ2v) is 2.46. The van der Waals surface area contributed by atoms with Crippen LogP contribution in [0.15, 0.2) is 0 Å². The van der Waals surface area contributed by atoms with Gasteiger partial charge in [-0.1, -0.05) is 6.04 Å². The zero-order chi connectivity index (χ0) is 5.70. The summed E-state index contributed by atoms with van der Waals surface area (Å²) < 4.78 is 0. The van der Waals surface area contributed by atoms with E-state index in [-0.39, 0.29) is 19.1 Å². The Morgan fingerprint density at radius 2 is 1.71 bits per heavy atom. The molecule has 0 aliphatic rings. The minimum absolute atomic E-state index is 0.139. The average Bonchev–Trinajstić information content (AvgIpc) is 1.72. The fraction of sp³-hybridized carbons (Fsp3) is 1.00. The molecule has 0 bridgehead atoms. The van der Waals surface area contributed by atoms with Gasteiger partial charge in [0.1, 0.15) is 0 Å². The van der Waals surface area contributed by atoms with Crippen molar-refractivity contribution < 1.29 is 10.2 Å². The smallest absolute Gasteiger partial charge is 0.0478 e. The third-order valence-corrected chi connectivity index (χ3v) is 2.25. The van der Waals surface area contributed by atoms with Gasteiger partial charge in [-0.05, 0) is 0 Å². The van der Waals surface area contributed by atoms with Gasteiger partial charge in [-0.25, -0.2) is 0 Å². The molecule has 0 spiro atoms. The van der Waals surface area contributed by atoms with Crippen LogP contribution in [0.1, 0.15) is 0 Å². The molecule has 0 saturated carbocycles. The van der Waals surface area contributed by atoms with Crippen molar-refractivity contribution in [2.75, 3.05) is 13.2 Å². The van der Waals surface area contributed by atoms with Crippen LogP contribution in [-0.4, -0.2) is 33.7 Å². The van der Waals surface area contributed by atoms with Crippen LogP contribution in [-0.2, 0) is 0 Å². The molecular weight excluding hydrogens is 108 g/mol. The standard InChI is InChI=1S/C4H12O2Si/c5-1-4(2-6)3-7/h4-6H,1-3H2,7H3. The lowest BCUT2D eigenvalue weighted by Gasteiger charge is -2.03. The first-order valence-corrected chi connectivity index (χ1v) is 3.98. The lowest BCUT2D eigenvalue weighted by molar-refractivity contribution is 0.162. The van der Waals surface area contributed by atoms with E-state index in [4.69, 9.17) is 10.2 Å². The topological polar surface area (TPSA) is 40.5 Å². The number of rotatable bonds is 3. The van der Waals surface area contributed by atoms with E-state index in [1.165, 1.54) is 0 Å². The van der Waals surface area contributed by atoms with Crippen LogP contribution in [0.5, 0.6) is 0 Å². The van der Waals surface area contributed by atoms with Gasteiger partial charge >= 0.3 is 0 Å². The first kappa shape index (κ1) is 7.14. The minimum atomic E-state index is 0.139. The van der Waals surface area contributed by atoms with E-state index in [1.54, 1.807) is 0 Å². The second-order valence-electron chi connectivity index (χ2n) is 1.64. The molecule has 2 N–H and O–H groups in total. The number of hydrogen-bond donors (Lipinski definition) is 2. The molecule has 3 heteroatoms. The predicted molar refractivity (Wildman–Crippen MR) is 32.4 cm³/mol. The van der Waals surface area contributed by atoms with Crippen molar-refractivity contribution in [3.8, 4) is 0 Å². The number of aliphatic hydroxyl groups excluding tert-OH is 2. The van der Waals surface area contributed by atoms with Crippen molar-refractivity contribution in [2.24, 2.45) is 5.92 Å². The van der Waals surface area contributed by atoms with Crippen LogP contribution in [0.2, 0.25) is 6.04 Å². The Labute approximate surface area is 46.6 Å². The Kier molecular flexibility index (Phi) is 4.38. The molecule has 0 radical (unpaired) electrons. The lowest BCUT2D eigenvalue weighted by atomic mass is 10.2. The van der Waals surface area contributed by atoms with E-state index in [2.05, 4.69) is 0 Å². The van der Waals surface area contributed by atoms with Gasteiger partial charge in [0.25, 0.3) is 0 Å². The predicted octanol–water partition coefficient (Wildman–Crippen LogP) is -1.63. The Bertz CT molecular complexity index is 31.2. The van der Waals surface area contributed by atoms with Gasteiger partial charge in [0.15, 0.2) is 0 Å². The van der Waals surface area contributed by atoms with Gasteiger partial charge < -0.3 is 10.2 Å². The van der Waals surface area contributed by atoms with Crippen LogP contribution in [0, 0.1) is 5.92 Å². The maximum atomic E-state index is 8.39. The second kappa shape index (κ2) is 4.30. The Balaban J connectivity index is 2.99. The first-order chi connectivity index (χ1) is 3.35. The first-order valence-electron chi connectivity index (χ1n) is 2.56. The van der Waals surface area contributed by atoms with Crippen LogP contribution in [0.4, 0.5) is 0 Å². The maximum absolute atomic E-state index is 8.39. The molecule has 2 nitrogen and oxygen atoms in total. The maximum Gasteiger partial charge on any atom is 0.0478 e. The van der Waals surface area contributed by atoms with Crippen LogP contribution >= 0.6 is 0 Å². The van der Waals surface area contributed by atoms with Crippen molar-refractivity contribution >= 4 is 10.2 Å². The molecule has 0 unspecified atom stereocenters. The lowest BCUT2D eigenvalue weighted by Crippen LogP contribution is -2.09. The van der Waals surface area contributed by atoms with Crippen LogP contribution in [0.3, 0.4) is 0 Å². The van der Waals surface area contributed by atoms with Crippen molar-refractivity contribution in [2.45, 2.75) is 6.04 Å². The summed E-state index contributed by atoms with van der Waals surface area (Å²) >= 11 is 0. The fourth-order valence-corrected chi connectivity index (χ4v) is 0.832. The zero-order valence-corrected chi connectivity index (χ0v) is 6.59. The molecule has 0 saturated heterocycles. The highest BCUT2D eigenvalue weighted by atomic mass is 28.1. The highest BCUT2D eigenvalue weighted by molar-refractivity contribution is 6.08. The molecule has 0 heterocycles. The van der Waals surface area contributed by atoms with E-state index >= 15 is 0 Å². The monoisotopic (exact) mass is 120 g/mol. The van der Waals surface area contributed by atoms with Gasteiger partial charge in [-0.15, -0.1) is 0 Å². The normalized spacial score (nSPS) is 10.7. The molecule has 0 aromatic rings. The summed E-state index contributed by atoms with van der Waals surface area (Å²) in [5, 5.41) is 16.8. The van der Waals surface area contributed by atoms with Gasteiger partial charge in [0.2, 0.25) is 0 Å². The molecule has 0 aromatic carbocycles. The zero-order valence-electron chi connectivity index (χ0n) is 4.59. The Morgan fingerprint density at radius 3 is 1.71 bits per heavy atom. The summed E-state index contributed by atoms with van der Waals surface area (Å²) in [7, 11) is 1.07. The number of aliphatic hydroxyl groups is 2. The summed E-state index contributed by atoms with van der Waals surface area (Å²) in [6, 6.07) is 0.993. The third kappa shape index (κ3) is 2.79. The molecule has 0 aliphatic carbocycles. The summed E-state index contributed by atoms with van der Waals surface area (Å²) in [5.74, 6) is 0.159. The molecule has 44 valence electrons. The van der Waals surface area contributed by atoms with Gasteiger partial charge in [-0.2, -0.15) is 0 Å². The van der Waals surface area contributed by atoms with E-state index in [1.807, 2.05) is 0 Å². The highest BCUT2D eigenvalue weighted by Gasteiger charge is 1.98. The van der Waals surface area contributed by atoms with E-state index in [9.17, 15) is 0 Å². The number of hydrogen-bond acceptors (Lipinski definition) is 2. The molecule has 0 aliphatic heterocycles. The summed E-state index contributed by atoms with van der Waals surface area (Å²) in [6.45, 7) is 0.278. The average molecular weight is 120 g/mol. The molecular formula is C4H12O2Si. The quantitative estimate of drug-likeness (QED) is 0.439. The molecule has 0 amide bonds. The largest absolute Gasteiger partial charge is 0.396 e. The summed E-state index contributed by atoms with van der Waals surface area (Å²) in [6.07, 6.45) is 0. The van der Waals surface area contributed by atoms with Gasteiger partial charge in [0, 0.05) is 29.4 Å². The molecule has 0 fully saturated rings. The van der Waals surface area contributed by atoms with Gasteiger partial charge in [0.05, 0.1) is 0 Å². The SMILES string of the molecule is OCC(CO)C[SiH3]. The minimum Gasteiger partial charge on any atom is -0.396 e. The Morgan fingerprint density at radius 1 is 1.29 bits per heavy atom. The molecule has 7 heavy (non-hydrogen) atoms. The fourth-order valence-electron chi connectivity index (χ4n) is 0.316.